The number of benzene rings is 2. The molecule has 0 unspecified atom stereocenters. The minimum atomic E-state index is -0.754. The van der Waals surface area contributed by atoms with Gasteiger partial charge in [-0.3, -0.25) is 9.79 Å². The number of carbonyl (C=O) groups excluding carboxylic acids is 2. The summed E-state index contributed by atoms with van der Waals surface area (Å²) in [5.41, 5.74) is 3.21. The van der Waals surface area contributed by atoms with Crippen LogP contribution in [0.2, 0.25) is 0 Å². The number of nitrogens with zero attached hydrogens (tertiary/aromatic N) is 4. The summed E-state index contributed by atoms with van der Waals surface area (Å²) in [7, 11) is 4.11. The summed E-state index contributed by atoms with van der Waals surface area (Å²) < 4.78 is 5.49. The molecule has 2 aromatic carbocycles. The van der Waals surface area contributed by atoms with Crippen LogP contribution in [0.5, 0.6) is 0 Å². The summed E-state index contributed by atoms with van der Waals surface area (Å²) in [5, 5.41) is 19.6. The largest absolute Gasteiger partial charge is 0.451 e. The molecule has 4 N–H and O–H groups in total. The van der Waals surface area contributed by atoms with Gasteiger partial charge in [0.15, 0.2) is 0 Å². The Morgan fingerprint density at radius 2 is 1.91 bits per heavy atom. The monoisotopic (exact) mass is 601 g/mol. The van der Waals surface area contributed by atoms with Crippen LogP contribution in [0.3, 0.4) is 0 Å². The highest BCUT2D eigenvalue weighted by atomic mass is 16.6. The summed E-state index contributed by atoms with van der Waals surface area (Å²) >= 11 is 0. The predicted octanol–water partition coefficient (Wildman–Crippen LogP) is 4.69. The van der Waals surface area contributed by atoms with Gasteiger partial charge in [-0.25, -0.2) is 9.78 Å². The quantitative estimate of drug-likeness (QED) is 0.111. The van der Waals surface area contributed by atoms with Gasteiger partial charge in [0.2, 0.25) is 5.95 Å². The molecular formula is C33H43N7O4. The van der Waals surface area contributed by atoms with Crippen molar-refractivity contribution >= 4 is 35.0 Å². The molecule has 0 bridgehead atoms. The van der Waals surface area contributed by atoms with Crippen LogP contribution in [0.4, 0.5) is 17.5 Å². The Morgan fingerprint density at radius 1 is 1.14 bits per heavy atom. The highest BCUT2D eigenvalue weighted by Gasteiger charge is 2.37. The molecular weight excluding hydrogens is 558 g/mol. The molecule has 2 heterocycles. The zero-order valence-corrected chi connectivity index (χ0v) is 26.2. The summed E-state index contributed by atoms with van der Waals surface area (Å²) in [6.07, 6.45) is 4.30. The van der Waals surface area contributed by atoms with Crippen LogP contribution in [-0.4, -0.2) is 77.9 Å². The number of cyclic esters (lactones) is 1. The number of ether oxygens (including phenoxy) is 1. The zero-order chi connectivity index (χ0) is 31.7. The number of rotatable bonds is 15. The van der Waals surface area contributed by atoms with Crippen LogP contribution < -0.4 is 16.0 Å². The van der Waals surface area contributed by atoms with Crippen molar-refractivity contribution in [1.29, 1.82) is 0 Å². The predicted molar refractivity (Wildman–Crippen MR) is 173 cm³/mol. The number of aliphatic hydroxyl groups is 1. The van der Waals surface area contributed by atoms with E-state index in [4.69, 9.17) is 4.74 Å². The summed E-state index contributed by atoms with van der Waals surface area (Å²) in [6, 6.07) is 14.3. The second-order valence-corrected chi connectivity index (χ2v) is 11.5. The Hall–Kier alpha value is -4.35. The fourth-order valence-corrected chi connectivity index (χ4v) is 5.05. The number of amides is 1. The number of carbonyl (C=O) groups is 2. The average molecular weight is 602 g/mol. The van der Waals surface area contributed by atoms with Gasteiger partial charge in [0.1, 0.15) is 17.0 Å². The lowest BCUT2D eigenvalue weighted by Gasteiger charge is -2.20. The maximum absolute atomic E-state index is 13.5. The fraction of sp³-hybridized carbons (Fsp3) is 0.424. The Kier molecular flexibility index (Phi) is 11.0. The molecule has 3 aromatic rings. The number of nitrogens with one attached hydrogen (secondary N) is 3. The first kappa shape index (κ1) is 32.6. The number of esters is 1. The van der Waals surface area contributed by atoms with Gasteiger partial charge in [0.25, 0.3) is 5.91 Å². The molecule has 1 aliphatic rings. The van der Waals surface area contributed by atoms with E-state index in [1.54, 1.807) is 12.1 Å². The summed E-state index contributed by atoms with van der Waals surface area (Å²) in [6.45, 7) is 7.41. The number of hydrogen-bond donors (Lipinski definition) is 4. The molecule has 11 nitrogen and oxygen atoms in total. The standard InChI is InChI=1S/C33H43N7O4/c1-6-34-24(14-10-11-17-40(4)5)19-35-30(42)26-20-36-32(39-29(26)38-28(21-41)22-12-8-7-9-13-22)37-23-15-16-25-27(18-23)33(2,3)44-31(25)43/h7-9,12-13,15-16,18,20,28,41H,6,10-11,14,17,19,21H2,1-5H3,(H,35,42)(H2,36,37,38,39)/t28-/m1/s1. The van der Waals surface area contributed by atoms with Gasteiger partial charge in [0.05, 0.1) is 24.8 Å². The highest BCUT2D eigenvalue weighted by molar-refractivity contribution is 6.01. The van der Waals surface area contributed by atoms with Crippen LogP contribution in [-0.2, 0) is 10.3 Å². The number of aromatic nitrogens is 2. The van der Waals surface area contributed by atoms with Crippen molar-refractivity contribution in [2.45, 2.75) is 51.7 Å². The summed E-state index contributed by atoms with van der Waals surface area (Å²) in [5.74, 6) is -0.198. The Labute approximate surface area is 259 Å². The van der Waals surface area contributed by atoms with Gasteiger partial charge in [0, 0.05) is 29.7 Å². The van der Waals surface area contributed by atoms with E-state index >= 15 is 0 Å². The lowest BCUT2D eigenvalue weighted by atomic mass is 9.95. The van der Waals surface area contributed by atoms with Gasteiger partial charge in [-0.15, -0.1) is 0 Å². The minimum Gasteiger partial charge on any atom is -0.451 e. The molecule has 0 radical (unpaired) electrons. The maximum Gasteiger partial charge on any atom is 0.339 e. The van der Waals surface area contributed by atoms with Crippen molar-refractivity contribution in [2.75, 3.05) is 51.0 Å². The fourth-order valence-electron chi connectivity index (χ4n) is 5.05. The first-order valence-corrected chi connectivity index (χ1v) is 15.0. The van der Waals surface area contributed by atoms with Crippen molar-refractivity contribution in [2.24, 2.45) is 4.99 Å². The van der Waals surface area contributed by atoms with E-state index in [1.165, 1.54) is 6.20 Å². The Bertz CT molecular complexity index is 1470. The molecule has 0 saturated heterocycles. The second kappa shape index (κ2) is 14.9. The van der Waals surface area contributed by atoms with E-state index in [0.717, 1.165) is 42.6 Å². The maximum atomic E-state index is 13.5. The first-order chi connectivity index (χ1) is 21.1. The molecule has 0 spiro atoms. The van der Waals surface area contributed by atoms with E-state index in [-0.39, 0.29) is 35.8 Å². The minimum absolute atomic E-state index is 0.216. The van der Waals surface area contributed by atoms with Gasteiger partial charge in [-0.2, -0.15) is 4.98 Å². The molecule has 0 fully saturated rings. The van der Waals surface area contributed by atoms with E-state index < -0.39 is 11.6 Å². The molecule has 1 aliphatic heterocycles. The number of aliphatic hydroxyl groups excluding tert-OH is 1. The van der Waals surface area contributed by atoms with Crippen LogP contribution >= 0.6 is 0 Å². The Morgan fingerprint density at radius 3 is 2.61 bits per heavy atom. The smallest absolute Gasteiger partial charge is 0.339 e. The van der Waals surface area contributed by atoms with E-state index in [2.05, 4.69) is 49.9 Å². The van der Waals surface area contributed by atoms with Crippen molar-refractivity contribution in [3.63, 3.8) is 0 Å². The van der Waals surface area contributed by atoms with Gasteiger partial charge >= 0.3 is 5.97 Å². The molecule has 4 rings (SSSR count). The number of aliphatic imine (C=N–C) groups is 1. The van der Waals surface area contributed by atoms with E-state index in [9.17, 15) is 14.7 Å². The van der Waals surface area contributed by atoms with Crippen molar-refractivity contribution in [3.8, 4) is 0 Å². The van der Waals surface area contributed by atoms with E-state index in [1.807, 2.05) is 57.2 Å². The number of unbranched alkanes of at least 4 members (excludes halogenated alkanes) is 1. The van der Waals surface area contributed by atoms with Crippen LogP contribution in [0.25, 0.3) is 0 Å². The van der Waals surface area contributed by atoms with Crippen LogP contribution in [0.15, 0.2) is 59.7 Å². The van der Waals surface area contributed by atoms with Crippen molar-refractivity contribution in [1.82, 2.24) is 20.2 Å². The lowest BCUT2D eigenvalue weighted by molar-refractivity contribution is 0.00953. The van der Waals surface area contributed by atoms with Gasteiger partial charge in [-0.1, -0.05) is 30.3 Å². The van der Waals surface area contributed by atoms with Crippen molar-refractivity contribution in [3.05, 3.63) is 77.0 Å². The molecule has 0 saturated carbocycles. The number of hydrogen-bond acceptors (Lipinski definition) is 10. The second-order valence-electron chi connectivity index (χ2n) is 11.5. The van der Waals surface area contributed by atoms with Gasteiger partial charge in [-0.05, 0) is 84.4 Å². The third-order valence-corrected chi connectivity index (χ3v) is 7.38. The highest BCUT2D eigenvalue weighted by Crippen LogP contribution is 2.37. The van der Waals surface area contributed by atoms with Crippen LogP contribution in [0.1, 0.15) is 77.9 Å². The third-order valence-electron chi connectivity index (χ3n) is 7.38. The molecule has 0 aliphatic carbocycles. The third kappa shape index (κ3) is 8.39. The SMILES string of the molecule is CCN=C(CCCCN(C)C)CNC(=O)c1cnc(Nc2ccc3c(c2)C(C)(C)OC3=O)nc1N[C@H](CO)c1ccccc1. The first-order valence-electron chi connectivity index (χ1n) is 15.0. The van der Waals surface area contributed by atoms with E-state index in [0.29, 0.717) is 24.3 Å². The van der Waals surface area contributed by atoms with Crippen molar-refractivity contribution < 1.29 is 19.4 Å². The lowest BCUT2D eigenvalue weighted by Crippen LogP contribution is -2.31. The normalized spacial score (nSPS) is 14.6. The molecule has 234 valence electrons. The van der Waals surface area contributed by atoms with Crippen LogP contribution in [0, 0.1) is 0 Å². The summed E-state index contributed by atoms with van der Waals surface area (Å²) in [4.78, 5) is 41.5. The molecule has 11 heteroatoms. The average Bonchev–Trinajstić information content (AvgIpc) is 3.23. The zero-order valence-electron chi connectivity index (χ0n) is 26.2. The number of fused-ring (bicyclic) bond motifs is 1. The van der Waals surface area contributed by atoms with Gasteiger partial charge < -0.3 is 30.7 Å². The molecule has 44 heavy (non-hydrogen) atoms. The molecule has 1 atom stereocenters. The number of anilines is 3. The molecule has 1 aromatic heterocycles. The Balaban J connectivity index is 1.57. The molecule has 1 amide bonds. The topological polar surface area (TPSA) is 141 Å².